The highest BCUT2D eigenvalue weighted by Crippen LogP contribution is 2.32. The number of ether oxygens (including phenoxy) is 2. The van der Waals surface area contributed by atoms with E-state index in [9.17, 15) is 13.2 Å². The molecular weight excluding hydrogens is 450 g/mol. The number of nitrogens with zero attached hydrogens (tertiary/aromatic N) is 1. The van der Waals surface area contributed by atoms with E-state index in [1.165, 1.54) is 38.6 Å². The molecule has 0 bridgehead atoms. The Morgan fingerprint density at radius 2 is 1.59 bits per heavy atom. The van der Waals surface area contributed by atoms with Crippen molar-refractivity contribution in [3.05, 3.63) is 93.7 Å². The SMILES string of the molecule is COc1cc2c(=O)c(S(=O)(=O)c3ccccc3)cn(Cc3cccc(Cl)c3)c2cc1OC. The molecule has 0 atom stereocenters. The van der Waals surface area contributed by atoms with Gasteiger partial charge in [0.1, 0.15) is 4.90 Å². The zero-order chi connectivity index (χ0) is 22.9. The molecule has 0 saturated carbocycles. The van der Waals surface area contributed by atoms with Crippen molar-refractivity contribution >= 4 is 32.3 Å². The van der Waals surface area contributed by atoms with Crippen LogP contribution in [0.4, 0.5) is 0 Å². The van der Waals surface area contributed by atoms with Crippen LogP contribution >= 0.6 is 11.6 Å². The quantitative estimate of drug-likeness (QED) is 0.414. The van der Waals surface area contributed by atoms with Crippen LogP contribution in [0.1, 0.15) is 5.56 Å². The Balaban J connectivity index is 2.03. The number of hydrogen-bond acceptors (Lipinski definition) is 5. The number of halogens is 1. The molecule has 0 aliphatic carbocycles. The van der Waals surface area contributed by atoms with Crippen LogP contribution in [-0.4, -0.2) is 27.2 Å². The minimum Gasteiger partial charge on any atom is -0.493 e. The van der Waals surface area contributed by atoms with E-state index in [2.05, 4.69) is 0 Å². The molecule has 32 heavy (non-hydrogen) atoms. The summed E-state index contributed by atoms with van der Waals surface area (Å²) in [6.45, 7) is 0.296. The van der Waals surface area contributed by atoms with Gasteiger partial charge < -0.3 is 14.0 Å². The van der Waals surface area contributed by atoms with E-state index in [1.54, 1.807) is 41.0 Å². The summed E-state index contributed by atoms with van der Waals surface area (Å²) in [5.74, 6) is 0.763. The molecule has 0 unspecified atom stereocenters. The minimum atomic E-state index is -4.05. The predicted octanol–water partition coefficient (Wildman–Crippen LogP) is 4.55. The third kappa shape index (κ3) is 3.97. The average Bonchev–Trinajstić information content (AvgIpc) is 2.80. The molecule has 0 radical (unpaired) electrons. The molecule has 0 fully saturated rings. The summed E-state index contributed by atoms with van der Waals surface area (Å²) in [5.41, 5.74) is 0.757. The van der Waals surface area contributed by atoms with Crippen molar-refractivity contribution in [2.45, 2.75) is 16.3 Å². The van der Waals surface area contributed by atoms with Crippen molar-refractivity contribution in [3.8, 4) is 11.5 Å². The van der Waals surface area contributed by atoms with Crippen LogP contribution < -0.4 is 14.9 Å². The smallest absolute Gasteiger partial charge is 0.211 e. The van der Waals surface area contributed by atoms with Gasteiger partial charge in [-0.3, -0.25) is 4.79 Å². The molecule has 4 rings (SSSR count). The van der Waals surface area contributed by atoms with Crippen LogP contribution in [-0.2, 0) is 16.4 Å². The van der Waals surface area contributed by atoms with Gasteiger partial charge in [0.15, 0.2) is 11.5 Å². The summed E-state index contributed by atoms with van der Waals surface area (Å²) >= 11 is 6.13. The van der Waals surface area contributed by atoms with E-state index in [0.29, 0.717) is 28.6 Å². The molecule has 1 aromatic heterocycles. The summed E-state index contributed by atoms with van der Waals surface area (Å²) in [6, 6.07) is 18.3. The fourth-order valence-corrected chi connectivity index (χ4v) is 5.17. The molecule has 0 spiro atoms. The fourth-order valence-electron chi connectivity index (χ4n) is 3.57. The Hall–Kier alpha value is -3.29. The van der Waals surface area contributed by atoms with E-state index in [0.717, 1.165) is 5.56 Å². The highest BCUT2D eigenvalue weighted by atomic mass is 35.5. The number of hydrogen-bond donors (Lipinski definition) is 0. The van der Waals surface area contributed by atoms with Crippen molar-refractivity contribution in [1.29, 1.82) is 0 Å². The van der Waals surface area contributed by atoms with Gasteiger partial charge in [0.25, 0.3) is 0 Å². The Kier molecular flexibility index (Phi) is 5.95. The van der Waals surface area contributed by atoms with Gasteiger partial charge >= 0.3 is 0 Å². The standard InChI is InChI=1S/C24H20ClNO5S/c1-30-21-12-19-20(13-22(21)31-2)26(14-16-7-6-8-17(25)11-16)15-23(24(19)27)32(28,29)18-9-4-3-5-10-18/h3-13,15H,14H2,1-2H3. The summed E-state index contributed by atoms with van der Waals surface area (Å²) in [7, 11) is -1.10. The van der Waals surface area contributed by atoms with E-state index in [1.807, 2.05) is 12.1 Å². The van der Waals surface area contributed by atoms with E-state index in [-0.39, 0.29) is 15.2 Å². The van der Waals surface area contributed by atoms with Crippen molar-refractivity contribution in [1.82, 2.24) is 4.57 Å². The van der Waals surface area contributed by atoms with E-state index in [4.69, 9.17) is 21.1 Å². The van der Waals surface area contributed by atoms with Crippen molar-refractivity contribution in [2.75, 3.05) is 14.2 Å². The molecule has 8 heteroatoms. The first-order valence-electron chi connectivity index (χ1n) is 9.69. The summed E-state index contributed by atoms with van der Waals surface area (Å²) in [4.78, 5) is 13.1. The number of benzene rings is 3. The number of rotatable bonds is 6. The second-order valence-electron chi connectivity index (χ2n) is 7.12. The van der Waals surface area contributed by atoms with Crippen LogP contribution in [0.25, 0.3) is 10.9 Å². The summed E-state index contributed by atoms with van der Waals surface area (Å²) < 4.78 is 39.1. The number of fused-ring (bicyclic) bond motifs is 1. The molecule has 164 valence electrons. The molecule has 0 saturated heterocycles. The van der Waals surface area contributed by atoms with E-state index < -0.39 is 15.3 Å². The molecule has 0 N–H and O–H groups in total. The van der Waals surface area contributed by atoms with Crippen LogP contribution in [0, 0.1) is 0 Å². The first kappa shape index (κ1) is 21.9. The van der Waals surface area contributed by atoms with Gasteiger partial charge in [-0.05, 0) is 35.9 Å². The number of methoxy groups -OCH3 is 2. The fraction of sp³-hybridized carbons (Fsp3) is 0.125. The topological polar surface area (TPSA) is 74.6 Å². The lowest BCUT2D eigenvalue weighted by Crippen LogP contribution is -2.20. The van der Waals surface area contributed by atoms with Crippen molar-refractivity contribution in [3.63, 3.8) is 0 Å². The molecule has 6 nitrogen and oxygen atoms in total. The van der Waals surface area contributed by atoms with Crippen LogP contribution in [0.3, 0.4) is 0 Å². The normalized spacial score (nSPS) is 11.5. The summed E-state index contributed by atoms with van der Waals surface area (Å²) in [6.07, 6.45) is 1.37. The maximum absolute atomic E-state index is 13.4. The molecule has 0 aliphatic heterocycles. The van der Waals surface area contributed by atoms with Gasteiger partial charge in [0.2, 0.25) is 15.3 Å². The van der Waals surface area contributed by atoms with Crippen LogP contribution in [0.15, 0.2) is 87.5 Å². The van der Waals surface area contributed by atoms with Crippen LogP contribution in [0.5, 0.6) is 11.5 Å². The maximum atomic E-state index is 13.4. The van der Waals surface area contributed by atoms with Crippen molar-refractivity contribution < 1.29 is 17.9 Å². The molecular formula is C24H20ClNO5S. The van der Waals surface area contributed by atoms with Gasteiger partial charge in [-0.25, -0.2) is 8.42 Å². The minimum absolute atomic E-state index is 0.0474. The highest BCUT2D eigenvalue weighted by Gasteiger charge is 2.24. The lowest BCUT2D eigenvalue weighted by Gasteiger charge is -2.16. The zero-order valence-electron chi connectivity index (χ0n) is 17.4. The Morgan fingerprint density at radius 1 is 0.906 bits per heavy atom. The van der Waals surface area contributed by atoms with E-state index >= 15 is 0 Å². The number of pyridine rings is 1. The predicted molar refractivity (Wildman–Crippen MR) is 124 cm³/mol. The first-order chi connectivity index (χ1) is 15.3. The van der Waals surface area contributed by atoms with Crippen LogP contribution in [0.2, 0.25) is 5.02 Å². The monoisotopic (exact) mass is 469 g/mol. The third-order valence-electron chi connectivity index (χ3n) is 5.14. The maximum Gasteiger partial charge on any atom is 0.211 e. The molecule has 0 aliphatic rings. The second-order valence-corrected chi connectivity index (χ2v) is 9.48. The third-order valence-corrected chi connectivity index (χ3v) is 7.14. The molecule has 3 aromatic carbocycles. The Morgan fingerprint density at radius 3 is 2.25 bits per heavy atom. The average molecular weight is 470 g/mol. The van der Waals surface area contributed by atoms with Gasteiger partial charge in [-0.2, -0.15) is 0 Å². The molecule has 0 amide bonds. The largest absolute Gasteiger partial charge is 0.493 e. The lowest BCUT2D eigenvalue weighted by atomic mass is 10.1. The van der Waals surface area contributed by atoms with Gasteiger partial charge in [0, 0.05) is 23.8 Å². The lowest BCUT2D eigenvalue weighted by molar-refractivity contribution is 0.355. The zero-order valence-corrected chi connectivity index (χ0v) is 19.0. The van der Waals surface area contributed by atoms with Gasteiger partial charge in [-0.1, -0.05) is 41.9 Å². The summed E-state index contributed by atoms with van der Waals surface area (Å²) in [5, 5.41) is 0.769. The van der Waals surface area contributed by atoms with Gasteiger partial charge in [0.05, 0.1) is 30.0 Å². The van der Waals surface area contributed by atoms with Gasteiger partial charge in [-0.15, -0.1) is 0 Å². The Labute approximate surface area is 190 Å². The first-order valence-corrected chi connectivity index (χ1v) is 11.5. The number of aromatic nitrogens is 1. The van der Waals surface area contributed by atoms with Crippen molar-refractivity contribution in [2.24, 2.45) is 0 Å². The second kappa shape index (κ2) is 8.68. The Bertz CT molecular complexity index is 1460. The molecule has 1 heterocycles. The molecule has 4 aromatic rings. The number of sulfone groups is 1. The highest BCUT2D eigenvalue weighted by molar-refractivity contribution is 7.91.